The molecule has 6 heteroatoms. The molecule has 0 aliphatic heterocycles. The average Bonchev–Trinajstić information content (AvgIpc) is 3.12. The highest BCUT2D eigenvalue weighted by molar-refractivity contribution is 5.96. The van der Waals surface area contributed by atoms with Crippen molar-refractivity contribution in [3.8, 4) is 11.8 Å². The molecule has 1 heterocycles. The lowest BCUT2D eigenvalue weighted by molar-refractivity contribution is -0.124. The Morgan fingerprint density at radius 2 is 2.00 bits per heavy atom. The number of anilines is 1. The van der Waals surface area contributed by atoms with Crippen LogP contribution in [0.5, 0.6) is 5.75 Å². The van der Waals surface area contributed by atoms with Gasteiger partial charge >= 0.3 is 0 Å². The Morgan fingerprint density at radius 3 is 2.72 bits per heavy atom. The number of fused-ring (bicyclic) bond motifs is 1. The van der Waals surface area contributed by atoms with Crippen molar-refractivity contribution in [1.29, 1.82) is 5.26 Å². The third-order valence-corrected chi connectivity index (χ3v) is 4.70. The van der Waals surface area contributed by atoms with Gasteiger partial charge in [-0.05, 0) is 42.3 Å². The van der Waals surface area contributed by atoms with Crippen LogP contribution in [0, 0.1) is 17.2 Å². The molecule has 2 aromatic carbocycles. The summed E-state index contributed by atoms with van der Waals surface area (Å²) >= 11 is 0. The zero-order valence-electron chi connectivity index (χ0n) is 16.9. The molecule has 6 nitrogen and oxygen atoms in total. The van der Waals surface area contributed by atoms with Crippen LogP contribution in [0.15, 0.2) is 54.7 Å². The number of carbonyl (C=O) groups excluding carboxylic acids is 1. The molecule has 0 spiro atoms. The van der Waals surface area contributed by atoms with Gasteiger partial charge < -0.3 is 19.4 Å². The van der Waals surface area contributed by atoms with Crippen LogP contribution in [0.4, 0.5) is 5.69 Å². The number of benzene rings is 2. The molecule has 1 amide bonds. The summed E-state index contributed by atoms with van der Waals surface area (Å²) in [6, 6.07) is 16.8. The second-order valence-electron chi connectivity index (χ2n) is 7.16. The van der Waals surface area contributed by atoms with E-state index >= 15 is 0 Å². The average molecular weight is 391 g/mol. The summed E-state index contributed by atoms with van der Waals surface area (Å²) in [7, 11) is 1.68. The molecule has 3 rings (SSSR count). The topological polar surface area (TPSA) is 76.3 Å². The number of aromatic nitrogens is 1. The minimum Gasteiger partial charge on any atom is -0.479 e. The highest BCUT2D eigenvalue weighted by Gasteiger charge is 2.25. The molecule has 3 aromatic rings. The molecule has 1 atom stereocenters. The minimum atomic E-state index is -0.716. The first kappa shape index (κ1) is 20.4. The number of methoxy groups -OCH3 is 1. The highest BCUT2D eigenvalue weighted by atomic mass is 16.5. The first-order chi connectivity index (χ1) is 14.0. The second kappa shape index (κ2) is 9.26. The van der Waals surface area contributed by atoms with Crippen LogP contribution in [0.2, 0.25) is 0 Å². The van der Waals surface area contributed by atoms with Gasteiger partial charge in [-0.1, -0.05) is 26.0 Å². The van der Waals surface area contributed by atoms with E-state index in [4.69, 9.17) is 9.47 Å². The zero-order valence-corrected chi connectivity index (χ0v) is 16.9. The molecule has 0 saturated heterocycles. The number of hydrogen-bond acceptors (Lipinski definition) is 4. The number of carbonyl (C=O) groups is 1. The number of para-hydroxylation sites is 1. The lowest BCUT2D eigenvalue weighted by Gasteiger charge is -2.22. The van der Waals surface area contributed by atoms with E-state index in [0.29, 0.717) is 23.6 Å². The monoisotopic (exact) mass is 391 g/mol. The lowest BCUT2D eigenvalue weighted by atomic mass is 10.1. The summed E-state index contributed by atoms with van der Waals surface area (Å²) in [4.78, 5) is 12.9. The molecular formula is C23H25N3O3. The van der Waals surface area contributed by atoms with Gasteiger partial charge in [-0.15, -0.1) is 0 Å². The second-order valence-corrected chi connectivity index (χ2v) is 7.16. The predicted molar refractivity (Wildman–Crippen MR) is 113 cm³/mol. The molecule has 150 valence electrons. The summed E-state index contributed by atoms with van der Waals surface area (Å²) in [6.07, 6.45) is 1.29. The minimum absolute atomic E-state index is 0.0689. The molecule has 0 aliphatic rings. The van der Waals surface area contributed by atoms with E-state index in [9.17, 15) is 10.1 Å². The van der Waals surface area contributed by atoms with Gasteiger partial charge in [-0.2, -0.15) is 5.26 Å². The number of nitrogens with zero attached hydrogens (tertiary/aromatic N) is 2. The predicted octanol–water partition coefficient (Wildman–Crippen LogP) is 4.20. The van der Waals surface area contributed by atoms with E-state index in [2.05, 4.69) is 16.0 Å². The van der Waals surface area contributed by atoms with Gasteiger partial charge in [0.2, 0.25) is 0 Å². The quantitative estimate of drug-likeness (QED) is 0.624. The molecule has 0 aliphatic carbocycles. The van der Waals surface area contributed by atoms with Gasteiger partial charge in [0.1, 0.15) is 11.8 Å². The summed E-state index contributed by atoms with van der Waals surface area (Å²) in [5.74, 6) is 0.0982. The Hall–Kier alpha value is -3.30. The van der Waals surface area contributed by atoms with Crippen LogP contribution < -0.4 is 10.1 Å². The summed E-state index contributed by atoms with van der Waals surface area (Å²) in [5, 5.41) is 13.2. The summed E-state index contributed by atoms with van der Waals surface area (Å²) in [5.41, 5.74) is 2.19. The van der Waals surface area contributed by atoms with Crippen LogP contribution in [0.25, 0.3) is 10.9 Å². The maximum atomic E-state index is 12.9. The fourth-order valence-corrected chi connectivity index (χ4v) is 3.17. The van der Waals surface area contributed by atoms with E-state index in [0.717, 1.165) is 17.4 Å². The molecule has 1 unspecified atom stereocenters. The summed E-state index contributed by atoms with van der Waals surface area (Å²) < 4.78 is 13.2. The van der Waals surface area contributed by atoms with Crippen LogP contribution in [-0.2, 0) is 16.1 Å². The first-order valence-electron chi connectivity index (χ1n) is 9.58. The van der Waals surface area contributed by atoms with E-state index in [1.165, 1.54) is 0 Å². The van der Waals surface area contributed by atoms with Crippen molar-refractivity contribution < 1.29 is 14.3 Å². The lowest BCUT2D eigenvalue weighted by Crippen LogP contribution is -2.37. The maximum Gasteiger partial charge on any atom is 0.265 e. The van der Waals surface area contributed by atoms with Crippen molar-refractivity contribution in [2.75, 3.05) is 19.0 Å². The largest absolute Gasteiger partial charge is 0.479 e. The standard InChI is InChI=1S/C23H25N3O3/c1-16(2)22(29-21-7-5-4-6-18(21)15-24)23(27)25-19-8-9-20-17(14-19)10-11-26(20)12-13-28-3/h4-11,14,16,22H,12-13H2,1-3H3,(H,25,27). The van der Waals surface area contributed by atoms with Gasteiger partial charge in [0, 0.05) is 36.4 Å². The smallest absolute Gasteiger partial charge is 0.265 e. The Labute approximate surface area is 170 Å². The fraction of sp³-hybridized carbons (Fsp3) is 0.304. The molecule has 0 saturated carbocycles. The molecule has 1 aromatic heterocycles. The molecular weight excluding hydrogens is 366 g/mol. The number of nitriles is 1. The van der Waals surface area contributed by atoms with Gasteiger partial charge in [0.05, 0.1) is 12.2 Å². The SMILES string of the molecule is COCCn1ccc2cc(NC(=O)C(Oc3ccccc3C#N)C(C)C)ccc21. The number of ether oxygens (including phenoxy) is 2. The van der Waals surface area contributed by atoms with Crippen molar-refractivity contribution in [1.82, 2.24) is 4.57 Å². The van der Waals surface area contributed by atoms with Gasteiger partial charge in [-0.3, -0.25) is 4.79 Å². The van der Waals surface area contributed by atoms with Crippen LogP contribution in [0.3, 0.4) is 0 Å². The van der Waals surface area contributed by atoms with Gasteiger partial charge in [0.15, 0.2) is 6.10 Å². The molecule has 29 heavy (non-hydrogen) atoms. The molecule has 1 N–H and O–H groups in total. The van der Waals surface area contributed by atoms with E-state index in [-0.39, 0.29) is 11.8 Å². The van der Waals surface area contributed by atoms with Crippen molar-refractivity contribution in [3.63, 3.8) is 0 Å². The van der Waals surface area contributed by atoms with E-state index < -0.39 is 6.10 Å². The fourth-order valence-electron chi connectivity index (χ4n) is 3.17. The van der Waals surface area contributed by atoms with Crippen LogP contribution in [-0.4, -0.2) is 30.3 Å². The van der Waals surface area contributed by atoms with E-state index in [1.54, 1.807) is 31.4 Å². The third-order valence-electron chi connectivity index (χ3n) is 4.70. The highest BCUT2D eigenvalue weighted by Crippen LogP contribution is 2.24. The number of amides is 1. The zero-order chi connectivity index (χ0) is 20.8. The normalized spacial score (nSPS) is 12.0. The molecule has 0 fully saturated rings. The Kier molecular flexibility index (Phi) is 6.53. The number of rotatable bonds is 8. The number of nitrogens with one attached hydrogen (secondary N) is 1. The van der Waals surface area contributed by atoms with Gasteiger partial charge in [0.25, 0.3) is 5.91 Å². The Bertz CT molecular complexity index is 1030. The Balaban J connectivity index is 1.77. The summed E-state index contributed by atoms with van der Waals surface area (Å²) in [6.45, 7) is 5.24. The molecule has 0 radical (unpaired) electrons. The first-order valence-corrected chi connectivity index (χ1v) is 9.58. The van der Waals surface area contributed by atoms with E-state index in [1.807, 2.05) is 44.3 Å². The maximum absolute atomic E-state index is 12.9. The third kappa shape index (κ3) is 4.76. The Morgan fingerprint density at radius 1 is 1.21 bits per heavy atom. The molecule has 0 bridgehead atoms. The van der Waals surface area contributed by atoms with Crippen LogP contribution >= 0.6 is 0 Å². The van der Waals surface area contributed by atoms with Crippen LogP contribution in [0.1, 0.15) is 19.4 Å². The van der Waals surface area contributed by atoms with Crippen molar-refractivity contribution in [2.24, 2.45) is 5.92 Å². The van der Waals surface area contributed by atoms with Crippen molar-refractivity contribution >= 4 is 22.5 Å². The van der Waals surface area contributed by atoms with Crippen molar-refractivity contribution in [2.45, 2.75) is 26.5 Å². The van der Waals surface area contributed by atoms with Gasteiger partial charge in [-0.25, -0.2) is 0 Å². The number of hydrogen-bond donors (Lipinski definition) is 1. The van der Waals surface area contributed by atoms with Crippen molar-refractivity contribution in [3.05, 3.63) is 60.3 Å².